The number of hydrogen-bond acceptors (Lipinski definition) is 5. The molecular weight excluding hydrogens is 394 g/mol. The average molecular weight is 426 g/mol. The fraction of sp³-hybridized carbons (Fsp3) is 0.696. The molecule has 0 spiro atoms. The number of aromatic amines is 1. The van der Waals surface area contributed by atoms with Gasteiger partial charge in [-0.25, -0.2) is 9.50 Å². The molecule has 1 atom stereocenters. The summed E-state index contributed by atoms with van der Waals surface area (Å²) in [4.78, 5) is 35.2. The smallest absolute Gasteiger partial charge is 0.277 e. The van der Waals surface area contributed by atoms with Gasteiger partial charge < -0.3 is 9.64 Å². The number of likely N-dealkylation sites (tertiary alicyclic amines) is 1. The fourth-order valence-corrected chi connectivity index (χ4v) is 5.61. The van der Waals surface area contributed by atoms with Crippen molar-refractivity contribution in [3.05, 3.63) is 33.4 Å². The lowest BCUT2D eigenvalue weighted by molar-refractivity contribution is -0.133. The van der Waals surface area contributed by atoms with Crippen LogP contribution in [0.4, 0.5) is 0 Å². The molecule has 8 heteroatoms. The maximum Gasteiger partial charge on any atom is 0.277 e. The van der Waals surface area contributed by atoms with E-state index in [1.54, 1.807) is 4.52 Å². The molecule has 4 aliphatic rings. The minimum absolute atomic E-state index is 0.0322. The number of amides is 1. The summed E-state index contributed by atoms with van der Waals surface area (Å²) in [5.41, 5.74) is 3.56. The first-order valence-electron chi connectivity index (χ1n) is 11.9. The number of ether oxygens (including phenoxy) is 1. The van der Waals surface area contributed by atoms with Gasteiger partial charge in [0, 0.05) is 75.5 Å². The highest BCUT2D eigenvalue weighted by Gasteiger charge is 2.36. The number of carbonyl (C=O) groups is 1. The first-order chi connectivity index (χ1) is 15.2. The van der Waals surface area contributed by atoms with Crippen molar-refractivity contribution in [2.45, 2.75) is 63.5 Å². The summed E-state index contributed by atoms with van der Waals surface area (Å²) < 4.78 is 7.13. The van der Waals surface area contributed by atoms with Gasteiger partial charge in [-0.15, -0.1) is 0 Å². The predicted molar refractivity (Wildman–Crippen MR) is 115 cm³/mol. The largest absolute Gasteiger partial charge is 0.381 e. The minimum atomic E-state index is 0.0322. The quantitative estimate of drug-likeness (QED) is 0.809. The van der Waals surface area contributed by atoms with Crippen LogP contribution >= 0.6 is 0 Å². The van der Waals surface area contributed by atoms with E-state index >= 15 is 0 Å². The number of nitrogens with zero attached hydrogens (tertiary/aromatic N) is 4. The van der Waals surface area contributed by atoms with Gasteiger partial charge >= 0.3 is 0 Å². The molecule has 0 unspecified atom stereocenters. The van der Waals surface area contributed by atoms with Crippen molar-refractivity contribution >= 4 is 11.6 Å². The zero-order valence-electron chi connectivity index (χ0n) is 18.0. The Morgan fingerprint density at radius 2 is 1.97 bits per heavy atom. The monoisotopic (exact) mass is 425 g/mol. The molecule has 8 nitrogen and oxygen atoms in total. The maximum atomic E-state index is 13.3. The lowest BCUT2D eigenvalue weighted by atomic mass is 9.94. The molecule has 0 aromatic carbocycles. The van der Waals surface area contributed by atoms with E-state index in [-0.39, 0.29) is 17.4 Å². The van der Waals surface area contributed by atoms with E-state index in [1.165, 1.54) is 0 Å². The molecule has 3 aliphatic heterocycles. The van der Waals surface area contributed by atoms with Crippen LogP contribution in [0.2, 0.25) is 0 Å². The zero-order valence-corrected chi connectivity index (χ0v) is 18.0. The van der Waals surface area contributed by atoms with Crippen molar-refractivity contribution in [2.75, 3.05) is 32.8 Å². The number of piperidine rings is 1. The summed E-state index contributed by atoms with van der Waals surface area (Å²) in [6.07, 6.45) is 7.04. The van der Waals surface area contributed by atoms with Crippen molar-refractivity contribution in [2.24, 2.45) is 5.92 Å². The molecule has 166 valence electrons. The second-order valence-electron chi connectivity index (χ2n) is 9.71. The average Bonchev–Trinajstić information content (AvgIpc) is 3.58. The zero-order chi connectivity index (χ0) is 20.9. The third-order valence-corrected chi connectivity index (χ3v) is 7.62. The molecule has 6 rings (SSSR count). The van der Waals surface area contributed by atoms with E-state index in [0.29, 0.717) is 24.1 Å². The van der Waals surface area contributed by atoms with Gasteiger partial charge in [0.25, 0.3) is 5.56 Å². The minimum Gasteiger partial charge on any atom is -0.381 e. The molecule has 1 amide bonds. The van der Waals surface area contributed by atoms with E-state index in [9.17, 15) is 9.59 Å². The molecule has 31 heavy (non-hydrogen) atoms. The van der Waals surface area contributed by atoms with Gasteiger partial charge in [0.15, 0.2) is 5.65 Å². The van der Waals surface area contributed by atoms with E-state index in [4.69, 9.17) is 9.72 Å². The Morgan fingerprint density at radius 1 is 1.13 bits per heavy atom. The van der Waals surface area contributed by atoms with Crippen LogP contribution < -0.4 is 5.56 Å². The van der Waals surface area contributed by atoms with Crippen LogP contribution in [-0.4, -0.2) is 69.2 Å². The molecule has 1 N–H and O–H groups in total. The van der Waals surface area contributed by atoms with Gasteiger partial charge in [0.1, 0.15) is 0 Å². The van der Waals surface area contributed by atoms with E-state index in [1.807, 2.05) is 11.0 Å². The third-order valence-electron chi connectivity index (χ3n) is 7.62. The number of H-pyrrole nitrogens is 1. The standard InChI is InChI=1S/C23H31N5O3/c29-22(15-3-4-15)27-8-1-2-16(13-27)20-12-21-24-19-5-9-26(17-6-10-31-11-7-17)14-18(19)23(30)28(21)25-20/h12,15-17,25H,1-11,13-14H2/t16-/m1/s1. The van der Waals surface area contributed by atoms with Crippen LogP contribution in [0.25, 0.3) is 5.65 Å². The first kappa shape index (κ1) is 19.5. The molecule has 2 aromatic heterocycles. The Hall–Kier alpha value is -2.19. The number of aromatic nitrogens is 3. The van der Waals surface area contributed by atoms with Gasteiger partial charge in [-0.3, -0.25) is 19.6 Å². The molecule has 3 fully saturated rings. The number of hydrogen-bond donors (Lipinski definition) is 1. The van der Waals surface area contributed by atoms with E-state index in [0.717, 1.165) is 94.7 Å². The van der Waals surface area contributed by atoms with Gasteiger partial charge in [-0.1, -0.05) is 0 Å². The molecular formula is C23H31N5O3. The Morgan fingerprint density at radius 3 is 2.77 bits per heavy atom. The predicted octanol–water partition coefficient (Wildman–Crippen LogP) is 1.68. The number of carbonyl (C=O) groups excluding carboxylic acids is 1. The van der Waals surface area contributed by atoms with Crippen LogP contribution in [0.5, 0.6) is 0 Å². The van der Waals surface area contributed by atoms with E-state index < -0.39 is 0 Å². The summed E-state index contributed by atoms with van der Waals surface area (Å²) in [6.45, 7) is 4.86. The molecule has 0 radical (unpaired) electrons. The molecule has 2 saturated heterocycles. The first-order valence-corrected chi connectivity index (χ1v) is 11.9. The van der Waals surface area contributed by atoms with E-state index in [2.05, 4.69) is 10.00 Å². The molecule has 0 bridgehead atoms. The summed E-state index contributed by atoms with van der Waals surface area (Å²) >= 11 is 0. The van der Waals surface area contributed by atoms with Crippen molar-refractivity contribution < 1.29 is 9.53 Å². The Kier molecular flexibility index (Phi) is 4.87. The highest BCUT2D eigenvalue weighted by Crippen LogP contribution is 2.34. The van der Waals surface area contributed by atoms with Crippen LogP contribution in [0.1, 0.15) is 61.4 Å². The van der Waals surface area contributed by atoms with Crippen molar-refractivity contribution in [3.8, 4) is 0 Å². The van der Waals surface area contributed by atoms with Crippen LogP contribution in [0.15, 0.2) is 10.9 Å². The highest BCUT2D eigenvalue weighted by atomic mass is 16.5. The topological polar surface area (TPSA) is 82.9 Å². The van der Waals surface area contributed by atoms with Crippen LogP contribution in [0, 0.1) is 5.92 Å². The van der Waals surface area contributed by atoms with Gasteiger partial charge in [-0.2, -0.15) is 0 Å². The number of nitrogens with one attached hydrogen (secondary N) is 1. The molecule has 1 aliphatic carbocycles. The fourth-order valence-electron chi connectivity index (χ4n) is 5.61. The summed E-state index contributed by atoms with van der Waals surface area (Å²) in [5.74, 6) is 0.823. The Labute approximate surface area is 181 Å². The second kappa shape index (κ2) is 7.74. The SMILES string of the molecule is O=C(C1CC1)N1CCC[C@@H](c2cc3nc4c(c(=O)n3[nH]2)CN(C2CCOCC2)CC4)C1. The Bertz CT molecular complexity index is 1050. The Balaban J connectivity index is 1.26. The summed E-state index contributed by atoms with van der Waals surface area (Å²) in [5, 5.41) is 3.35. The van der Waals surface area contributed by atoms with Gasteiger partial charge in [0.05, 0.1) is 11.3 Å². The molecule has 2 aromatic rings. The van der Waals surface area contributed by atoms with Crippen molar-refractivity contribution in [3.63, 3.8) is 0 Å². The summed E-state index contributed by atoms with van der Waals surface area (Å²) in [6, 6.07) is 2.53. The normalized spacial score (nSPS) is 25.7. The van der Waals surface area contributed by atoms with Crippen LogP contribution in [-0.2, 0) is 22.5 Å². The third kappa shape index (κ3) is 3.59. The van der Waals surface area contributed by atoms with Crippen molar-refractivity contribution in [1.82, 2.24) is 24.4 Å². The molecule has 1 saturated carbocycles. The second-order valence-corrected chi connectivity index (χ2v) is 9.71. The number of rotatable bonds is 3. The lowest BCUT2D eigenvalue weighted by Crippen LogP contribution is -2.44. The van der Waals surface area contributed by atoms with Gasteiger partial charge in [-0.05, 0) is 38.5 Å². The van der Waals surface area contributed by atoms with Gasteiger partial charge in [0.2, 0.25) is 5.91 Å². The maximum absolute atomic E-state index is 13.3. The van der Waals surface area contributed by atoms with Crippen molar-refractivity contribution in [1.29, 1.82) is 0 Å². The highest BCUT2D eigenvalue weighted by molar-refractivity contribution is 5.81. The lowest BCUT2D eigenvalue weighted by Gasteiger charge is -2.36. The number of fused-ring (bicyclic) bond motifs is 2. The summed E-state index contributed by atoms with van der Waals surface area (Å²) in [7, 11) is 0. The molecule has 5 heterocycles. The van der Waals surface area contributed by atoms with Crippen LogP contribution in [0.3, 0.4) is 0 Å².